The Kier molecular flexibility index (Phi) is 4.06. The van der Waals surface area contributed by atoms with E-state index in [-0.39, 0.29) is 11.9 Å². The molecule has 10 heteroatoms. The lowest BCUT2D eigenvalue weighted by Gasteiger charge is -2.24. The minimum atomic E-state index is -0.238. The van der Waals surface area contributed by atoms with Crippen LogP contribution in [0.4, 0.5) is 11.1 Å². The molecule has 4 aromatic rings. The van der Waals surface area contributed by atoms with Crippen LogP contribution in [0.1, 0.15) is 26.6 Å². The summed E-state index contributed by atoms with van der Waals surface area (Å²) in [5.41, 5.74) is 9.64. The molecule has 0 saturated heterocycles. The number of aromatic amines is 2. The van der Waals surface area contributed by atoms with Gasteiger partial charge in [-0.3, -0.25) is 15.0 Å². The number of fused-ring (bicyclic) bond motifs is 2. The van der Waals surface area contributed by atoms with Crippen molar-refractivity contribution in [3.05, 3.63) is 52.6 Å². The van der Waals surface area contributed by atoms with Crippen LogP contribution in [0.3, 0.4) is 0 Å². The number of hydrogen-bond donors (Lipinski definition) is 4. The summed E-state index contributed by atoms with van der Waals surface area (Å²) in [6, 6.07) is 5.37. The molecule has 142 valence electrons. The van der Waals surface area contributed by atoms with Gasteiger partial charge in [-0.25, -0.2) is 15.0 Å². The number of nitrogens with two attached hydrogens (primary N) is 1. The SMILES string of the molecule is Nc1nc2c(C(=O)Nc3nc4c(s3)CN(Cc3cnc[nH]3)CC4)cccc2[nH]1. The smallest absolute Gasteiger partial charge is 0.259 e. The predicted molar refractivity (Wildman–Crippen MR) is 107 cm³/mol. The maximum Gasteiger partial charge on any atom is 0.259 e. The summed E-state index contributed by atoms with van der Waals surface area (Å²) in [5, 5.41) is 3.53. The van der Waals surface area contributed by atoms with Crippen molar-refractivity contribution in [2.24, 2.45) is 0 Å². The summed E-state index contributed by atoms with van der Waals surface area (Å²) in [6.07, 6.45) is 4.40. The van der Waals surface area contributed by atoms with E-state index in [9.17, 15) is 4.79 Å². The number of nitrogens with one attached hydrogen (secondary N) is 3. The Hall–Kier alpha value is -3.24. The number of nitrogen functional groups attached to an aromatic ring is 1. The summed E-state index contributed by atoms with van der Waals surface area (Å²) < 4.78 is 0. The van der Waals surface area contributed by atoms with Gasteiger partial charge in [-0.1, -0.05) is 6.07 Å². The molecule has 1 amide bonds. The van der Waals surface area contributed by atoms with Crippen LogP contribution in [-0.2, 0) is 19.5 Å². The van der Waals surface area contributed by atoms with Crippen molar-refractivity contribution in [2.75, 3.05) is 17.6 Å². The molecule has 0 spiro atoms. The van der Waals surface area contributed by atoms with E-state index in [0.717, 1.165) is 43.0 Å². The Morgan fingerprint density at radius 1 is 1.36 bits per heavy atom. The van der Waals surface area contributed by atoms with Gasteiger partial charge in [-0.05, 0) is 12.1 Å². The number of benzene rings is 1. The molecule has 1 aromatic carbocycles. The standard InChI is InChI=1S/C18H18N8OS/c19-17-22-13-3-1-2-11(15(13)24-17)16(27)25-18-23-12-4-5-26(8-14(12)28-18)7-10-6-20-9-21-10/h1-3,6,9H,4-5,7-8H2,(H,20,21)(H3,19,22,24)(H,23,25,27). The van der Waals surface area contributed by atoms with Gasteiger partial charge in [-0.2, -0.15) is 0 Å². The molecule has 0 unspecified atom stereocenters. The van der Waals surface area contributed by atoms with E-state index in [1.807, 2.05) is 12.3 Å². The molecular weight excluding hydrogens is 376 g/mol. The highest BCUT2D eigenvalue weighted by Crippen LogP contribution is 2.29. The maximum atomic E-state index is 12.8. The van der Waals surface area contributed by atoms with Gasteiger partial charge in [0, 0.05) is 42.8 Å². The molecule has 9 nitrogen and oxygen atoms in total. The highest BCUT2D eigenvalue weighted by atomic mass is 32.1. The van der Waals surface area contributed by atoms with Crippen LogP contribution in [0.2, 0.25) is 0 Å². The summed E-state index contributed by atoms with van der Waals surface area (Å²) in [7, 11) is 0. The highest BCUT2D eigenvalue weighted by Gasteiger charge is 2.22. The van der Waals surface area contributed by atoms with Crippen molar-refractivity contribution in [1.82, 2.24) is 29.8 Å². The summed E-state index contributed by atoms with van der Waals surface area (Å²) in [4.78, 5) is 35.3. The molecule has 0 radical (unpaired) electrons. The molecule has 5 rings (SSSR count). The summed E-state index contributed by atoms with van der Waals surface area (Å²) in [5.74, 6) is 0.0508. The molecular formula is C18H18N8OS. The molecule has 3 aromatic heterocycles. The topological polar surface area (TPSA) is 129 Å². The number of nitrogens with zero attached hydrogens (tertiary/aromatic N) is 4. The van der Waals surface area contributed by atoms with Crippen LogP contribution in [0, 0.1) is 0 Å². The number of hydrogen-bond acceptors (Lipinski definition) is 7. The maximum absolute atomic E-state index is 12.8. The Morgan fingerprint density at radius 3 is 3.14 bits per heavy atom. The van der Waals surface area contributed by atoms with Gasteiger partial charge in [0.25, 0.3) is 5.91 Å². The third kappa shape index (κ3) is 3.12. The van der Waals surface area contributed by atoms with E-state index >= 15 is 0 Å². The molecule has 0 fully saturated rings. The summed E-state index contributed by atoms with van der Waals surface area (Å²) in [6.45, 7) is 2.56. The van der Waals surface area contributed by atoms with Crippen LogP contribution < -0.4 is 11.1 Å². The second kappa shape index (κ2) is 6.73. The first-order chi connectivity index (χ1) is 13.7. The third-order valence-electron chi connectivity index (χ3n) is 4.76. The number of aromatic nitrogens is 5. The van der Waals surface area contributed by atoms with Crippen LogP contribution in [0.15, 0.2) is 30.7 Å². The van der Waals surface area contributed by atoms with Crippen molar-refractivity contribution in [3.63, 3.8) is 0 Å². The minimum Gasteiger partial charge on any atom is -0.369 e. The van der Waals surface area contributed by atoms with Gasteiger partial charge in [0.15, 0.2) is 11.1 Å². The number of para-hydroxylation sites is 1. The molecule has 1 aliphatic rings. The average molecular weight is 394 g/mol. The fourth-order valence-electron chi connectivity index (χ4n) is 3.45. The molecule has 0 aliphatic carbocycles. The van der Waals surface area contributed by atoms with Crippen LogP contribution >= 0.6 is 11.3 Å². The first kappa shape index (κ1) is 16.9. The van der Waals surface area contributed by atoms with Crippen LogP contribution in [0.5, 0.6) is 0 Å². The summed E-state index contributed by atoms with van der Waals surface area (Å²) >= 11 is 1.52. The van der Waals surface area contributed by atoms with Gasteiger partial charge in [0.1, 0.15) is 5.52 Å². The van der Waals surface area contributed by atoms with Gasteiger partial charge >= 0.3 is 0 Å². The Bertz CT molecular complexity index is 1150. The predicted octanol–water partition coefficient (Wildman–Crippen LogP) is 2.14. The van der Waals surface area contributed by atoms with E-state index < -0.39 is 0 Å². The minimum absolute atomic E-state index is 0.238. The van der Waals surface area contributed by atoms with E-state index in [1.165, 1.54) is 16.2 Å². The Labute approximate surface area is 164 Å². The largest absolute Gasteiger partial charge is 0.369 e. The number of H-pyrrole nitrogens is 2. The van der Waals surface area contributed by atoms with E-state index in [1.54, 1.807) is 18.5 Å². The Morgan fingerprint density at radius 2 is 2.29 bits per heavy atom. The lowest BCUT2D eigenvalue weighted by Crippen LogP contribution is -2.29. The number of carbonyl (C=O) groups excluding carboxylic acids is 1. The molecule has 5 N–H and O–H groups in total. The van der Waals surface area contributed by atoms with Gasteiger partial charge < -0.3 is 15.7 Å². The average Bonchev–Trinajstić information content (AvgIpc) is 3.39. The highest BCUT2D eigenvalue weighted by molar-refractivity contribution is 7.15. The number of amides is 1. The Balaban J connectivity index is 1.33. The van der Waals surface area contributed by atoms with Gasteiger partial charge in [0.2, 0.25) is 0 Å². The molecule has 0 bridgehead atoms. The lowest BCUT2D eigenvalue weighted by molar-refractivity contribution is 0.102. The zero-order valence-corrected chi connectivity index (χ0v) is 15.7. The second-order valence-electron chi connectivity index (χ2n) is 6.70. The van der Waals surface area contributed by atoms with E-state index in [0.29, 0.717) is 16.2 Å². The molecule has 4 heterocycles. The molecule has 28 heavy (non-hydrogen) atoms. The fourth-order valence-corrected chi connectivity index (χ4v) is 4.49. The monoisotopic (exact) mass is 394 g/mol. The van der Waals surface area contributed by atoms with E-state index in [4.69, 9.17) is 5.73 Å². The van der Waals surface area contributed by atoms with Crippen molar-refractivity contribution < 1.29 is 4.79 Å². The first-order valence-electron chi connectivity index (χ1n) is 8.89. The zero-order chi connectivity index (χ0) is 19.1. The molecule has 0 atom stereocenters. The fraction of sp³-hybridized carbons (Fsp3) is 0.222. The first-order valence-corrected chi connectivity index (χ1v) is 9.71. The third-order valence-corrected chi connectivity index (χ3v) is 5.75. The van der Waals surface area contributed by atoms with Crippen molar-refractivity contribution in [2.45, 2.75) is 19.5 Å². The van der Waals surface area contributed by atoms with Crippen molar-refractivity contribution in [3.8, 4) is 0 Å². The van der Waals surface area contributed by atoms with Crippen LogP contribution in [0.25, 0.3) is 11.0 Å². The van der Waals surface area contributed by atoms with Gasteiger partial charge in [-0.15, -0.1) is 11.3 Å². The molecule has 0 saturated carbocycles. The zero-order valence-electron chi connectivity index (χ0n) is 14.9. The normalized spacial score (nSPS) is 14.3. The second-order valence-corrected chi connectivity index (χ2v) is 7.79. The quantitative estimate of drug-likeness (QED) is 0.420. The number of anilines is 2. The van der Waals surface area contributed by atoms with Gasteiger partial charge in [0.05, 0.1) is 23.1 Å². The van der Waals surface area contributed by atoms with Crippen molar-refractivity contribution in [1.29, 1.82) is 0 Å². The number of imidazole rings is 2. The molecule has 1 aliphatic heterocycles. The van der Waals surface area contributed by atoms with E-state index in [2.05, 4.69) is 35.1 Å². The number of carbonyl (C=O) groups is 1. The van der Waals surface area contributed by atoms with Crippen LogP contribution in [-0.4, -0.2) is 42.3 Å². The lowest BCUT2D eigenvalue weighted by atomic mass is 10.1. The number of thiazole rings is 1. The van der Waals surface area contributed by atoms with Crippen molar-refractivity contribution >= 4 is 39.4 Å². The number of rotatable bonds is 4.